The Morgan fingerprint density at radius 1 is 1.43 bits per heavy atom. The number of aryl methyl sites for hydroxylation is 1. The summed E-state index contributed by atoms with van der Waals surface area (Å²) in [5.74, 6) is -0.606. The lowest BCUT2D eigenvalue weighted by molar-refractivity contribution is 0.858. The van der Waals surface area contributed by atoms with E-state index in [-0.39, 0.29) is 5.69 Å². The third-order valence-electron chi connectivity index (χ3n) is 1.76. The average molecular weight is 258 g/mol. The third kappa shape index (κ3) is 1.73. The van der Waals surface area contributed by atoms with Crippen LogP contribution in [0.1, 0.15) is 15.4 Å². The molecule has 14 heavy (non-hydrogen) atoms. The first-order valence-corrected chi connectivity index (χ1v) is 4.67. The minimum Gasteiger partial charge on any atom is -0.338 e. The van der Waals surface area contributed by atoms with E-state index in [9.17, 15) is 0 Å². The van der Waals surface area contributed by atoms with Gasteiger partial charge in [-0.1, -0.05) is 28.1 Å². The number of nitrogens with zero attached hydrogens (tertiary/aromatic N) is 2. The van der Waals surface area contributed by atoms with Crippen molar-refractivity contribution in [3.8, 4) is 11.3 Å². The van der Waals surface area contributed by atoms with E-state index in [2.05, 4.69) is 20.9 Å². The van der Waals surface area contributed by atoms with Crippen molar-refractivity contribution < 1.29 is 9.60 Å². The van der Waals surface area contributed by atoms with Crippen LogP contribution in [0.3, 0.4) is 0 Å². The number of halogens is 1. The summed E-state index contributed by atoms with van der Waals surface area (Å²) in [5.41, 5.74) is 0.515. The Kier molecular flexibility index (Phi) is 1.07. The molecule has 0 unspecified atom stereocenters. The van der Waals surface area contributed by atoms with Gasteiger partial charge in [0.25, 0.3) is 0 Å². The highest BCUT2D eigenvalue weighted by molar-refractivity contribution is 9.10. The highest BCUT2D eigenvalue weighted by Crippen LogP contribution is 2.20. The van der Waals surface area contributed by atoms with Crippen molar-refractivity contribution in [2.45, 2.75) is 6.85 Å². The van der Waals surface area contributed by atoms with Crippen molar-refractivity contribution in [2.24, 2.45) is 6.98 Å². The predicted octanol–water partition coefficient (Wildman–Crippen LogP) is 3.16. The van der Waals surface area contributed by atoms with Gasteiger partial charge in [0.05, 0.1) is 7.06 Å². The van der Waals surface area contributed by atoms with Crippen LogP contribution in [0.4, 0.5) is 0 Å². The maximum absolute atomic E-state index is 7.97. The van der Waals surface area contributed by atoms with Crippen LogP contribution in [-0.2, 0) is 6.98 Å². The van der Waals surface area contributed by atoms with E-state index in [1.807, 2.05) is 0 Å². The van der Waals surface area contributed by atoms with E-state index in [0.717, 1.165) is 4.47 Å². The van der Waals surface area contributed by atoms with Crippen LogP contribution in [0.15, 0.2) is 34.9 Å². The number of hydrogen-bond donors (Lipinski definition) is 0. The molecule has 0 saturated carbocycles. The molecule has 0 aliphatic heterocycles. The van der Waals surface area contributed by atoms with E-state index in [1.165, 1.54) is 0 Å². The molecule has 1 aromatic heterocycles. The molecule has 0 atom stereocenters. The molecule has 2 rings (SSSR count). The molecule has 0 amide bonds. The van der Waals surface area contributed by atoms with Crippen LogP contribution in [0.5, 0.6) is 0 Å². The zero-order chi connectivity index (χ0) is 16.0. The lowest BCUT2D eigenvalue weighted by Crippen LogP contribution is -1.86. The summed E-state index contributed by atoms with van der Waals surface area (Å²) in [4.78, 5) is 3.89. The number of aromatic nitrogens is 2. The van der Waals surface area contributed by atoms with Gasteiger partial charge in [0, 0.05) is 31.4 Å². The van der Waals surface area contributed by atoms with Crippen molar-refractivity contribution in [3.63, 3.8) is 0 Å². The molecule has 0 fully saturated rings. The van der Waals surface area contributed by atoms with E-state index in [1.54, 1.807) is 24.3 Å². The summed E-state index contributed by atoms with van der Waals surface area (Å²) in [6.45, 7) is -5.49. The Balaban J connectivity index is 2.70. The molecule has 1 aromatic carbocycles. The van der Waals surface area contributed by atoms with Gasteiger partial charge in [-0.3, -0.25) is 0 Å². The fraction of sp³-hybridized carbons (Fsp3) is 0.182. The third-order valence-corrected chi connectivity index (χ3v) is 2.29. The monoisotopic (exact) mass is 257 g/mol. The van der Waals surface area contributed by atoms with E-state index < -0.39 is 25.8 Å². The maximum atomic E-state index is 7.97. The van der Waals surface area contributed by atoms with Gasteiger partial charge in [-0.05, 0) is 19.0 Å². The van der Waals surface area contributed by atoms with Crippen molar-refractivity contribution in [1.29, 1.82) is 0 Å². The molecular formula is C11H11BrN2. The summed E-state index contributed by atoms with van der Waals surface area (Å²) >= 11 is 3.27. The second-order valence-electron chi connectivity index (χ2n) is 2.74. The first-order valence-electron chi connectivity index (χ1n) is 7.38. The van der Waals surface area contributed by atoms with E-state index >= 15 is 0 Å². The molecular weight excluding hydrogens is 240 g/mol. The Morgan fingerprint density at radius 2 is 2.21 bits per heavy atom. The summed E-state index contributed by atoms with van der Waals surface area (Å²) < 4.78 is 53.8. The van der Waals surface area contributed by atoms with Crippen molar-refractivity contribution in [2.75, 3.05) is 0 Å². The number of benzene rings is 1. The molecule has 0 aliphatic rings. The van der Waals surface area contributed by atoms with Crippen LogP contribution in [-0.4, -0.2) is 9.55 Å². The van der Waals surface area contributed by atoms with Crippen LogP contribution in [0.2, 0.25) is 0 Å². The van der Waals surface area contributed by atoms with Crippen molar-refractivity contribution in [1.82, 2.24) is 9.55 Å². The highest BCUT2D eigenvalue weighted by atomic mass is 79.9. The Morgan fingerprint density at radius 3 is 2.79 bits per heavy atom. The molecule has 2 nitrogen and oxygen atoms in total. The minimum absolute atomic E-state index is 0.0322. The lowest BCUT2D eigenvalue weighted by Gasteiger charge is -1.95. The predicted molar refractivity (Wildman–Crippen MR) is 61.1 cm³/mol. The Hall–Kier alpha value is -1.09. The van der Waals surface area contributed by atoms with Gasteiger partial charge in [0.15, 0.2) is 0 Å². The second kappa shape index (κ2) is 3.58. The topological polar surface area (TPSA) is 17.8 Å². The van der Waals surface area contributed by atoms with E-state index in [4.69, 9.17) is 9.60 Å². The average Bonchev–Trinajstić information content (AvgIpc) is 2.67. The van der Waals surface area contributed by atoms with Gasteiger partial charge in [-0.2, -0.15) is 0 Å². The molecule has 0 spiro atoms. The Labute approximate surface area is 102 Å². The fourth-order valence-corrected chi connectivity index (χ4v) is 1.34. The molecule has 0 bridgehead atoms. The SMILES string of the molecule is [2H]c1c(-c2ccc(Br)cc2)nc(C([2H])([2H])[2H])n1C([2H])([2H])[2H]. The quantitative estimate of drug-likeness (QED) is 0.768. The molecule has 2 aromatic rings. The molecule has 72 valence electrons. The van der Waals surface area contributed by atoms with Gasteiger partial charge in [-0.25, -0.2) is 4.98 Å². The van der Waals surface area contributed by atoms with Crippen LogP contribution < -0.4 is 0 Å². The molecule has 3 heteroatoms. The molecule has 0 saturated heterocycles. The van der Waals surface area contributed by atoms with Crippen LogP contribution in [0, 0.1) is 6.85 Å². The van der Waals surface area contributed by atoms with Gasteiger partial charge in [-0.15, -0.1) is 0 Å². The minimum atomic E-state index is -2.78. The van der Waals surface area contributed by atoms with E-state index in [0.29, 0.717) is 10.1 Å². The first kappa shape index (κ1) is 4.19. The van der Waals surface area contributed by atoms with Crippen molar-refractivity contribution in [3.05, 3.63) is 40.7 Å². The molecule has 0 radical (unpaired) electrons. The Bertz CT molecular complexity index is 655. The maximum Gasteiger partial charge on any atom is 0.105 e. The summed E-state index contributed by atoms with van der Waals surface area (Å²) in [5, 5.41) is 0. The van der Waals surface area contributed by atoms with Gasteiger partial charge >= 0.3 is 0 Å². The normalized spacial score (nSPS) is 19.6. The molecule has 0 aliphatic carbocycles. The number of hydrogen-bond acceptors (Lipinski definition) is 1. The number of imidazole rings is 1. The van der Waals surface area contributed by atoms with Gasteiger partial charge < -0.3 is 4.57 Å². The standard InChI is InChI=1S/C11H11BrN2/c1-8-13-11(7-14(8)2)9-3-5-10(12)6-4-9/h3-7H,1-2H3/i1D3,2D3,7D. The summed E-state index contributed by atoms with van der Waals surface area (Å²) in [6, 6.07) is 6.69. The summed E-state index contributed by atoms with van der Waals surface area (Å²) in [6.07, 6.45) is -0.441. The number of rotatable bonds is 1. The fourth-order valence-electron chi connectivity index (χ4n) is 1.08. The largest absolute Gasteiger partial charge is 0.338 e. The second-order valence-corrected chi connectivity index (χ2v) is 3.65. The molecule has 0 N–H and O–H groups in total. The highest BCUT2D eigenvalue weighted by Gasteiger charge is 2.02. The first-order chi connectivity index (χ1) is 9.51. The van der Waals surface area contributed by atoms with Crippen LogP contribution in [0.25, 0.3) is 11.3 Å². The molecule has 1 heterocycles. The van der Waals surface area contributed by atoms with Gasteiger partial charge in [0.2, 0.25) is 0 Å². The summed E-state index contributed by atoms with van der Waals surface area (Å²) in [7, 11) is 0. The smallest absolute Gasteiger partial charge is 0.105 e. The zero-order valence-electron chi connectivity index (χ0n) is 14.1. The van der Waals surface area contributed by atoms with Gasteiger partial charge in [0.1, 0.15) is 5.82 Å². The van der Waals surface area contributed by atoms with Crippen LogP contribution >= 0.6 is 15.9 Å². The van der Waals surface area contributed by atoms with Crippen molar-refractivity contribution >= 4 is 15.9 Å². The zero-order valence-corrected chi connectivity index (χ0v) is 8.67. The lowest BCUT2D eigenvalue weighted by atomic mass is 10.2.